The summed E-state index contributed by atoms with van der Waals surface area (Å²) < 4.78 is 10.1. The van der Waals surface area contributed by atoms with Crippen LogP contribution in [0.1, 0.15) is 19.7 Å². The molecule has 2 unspecified atom stereocenters. The topological polar surface area (TPSA) is 38.2 Å². The Labute approximate surface area is 108 Å². The highest BCUT2D eigenvalue weighted by Gasteiger charge is 2.26. The van der Waals surface area contributed by atoms with Crippen molar-refractivity contribution in [2.24, 2.45) is 0 Å². The number of hydrogen-bond donors (Lipinski definition) is 0. The predicted molar refractivity (Wildman–Crippen MR) is 69.6 cm³/mol. The minimum Gasteiger partial charge on any atom is -0.371 e. The van der Waals surface area contributed by atoms with Crippen molar-refractivity contribution in [3.05, 3.63) is 5.82 Å². The van der Waals surface area contributed by atoms with Crippen molar-refractivity contribution in [3.63, 3.8) is 0 Å². The second kappa shape index (κ2) is 5.42. The van der Waals surface area contributed by atoms with Crippen LogP contribution in [0.4, 0.5) is 5.13 Å². The van der Waals surface area contributed by atoms with Crippen LogP contribution in [0.3, 0.4) is 0 Å². The van der Waals surface area contributed by atoms with Gasteiger partial charge in [-0.1, -0.05) is 22.9 Å². The Bertz CT molecular complexity index is 347. The summed E-state index contributed by atoms with van der Waals surface area (Å²) in [5, 5.41) is 1.89. The minimum atomic E-state index is 0.248. The van der Waals surface area contributed by atoms with E-state index in [-0.39, 0.29) is 12.2 Å². The lowest BCUT2D eigenvalue weighted by atomic mass is 10.2. The fraction of sp³-hybridized carbons (Fsp3) is 0.800. The molecular formula is C10H16BrN3OS. The summed E-state index contributed by atoms with van der Waals surface area (Å²) in [7, 11) is 0. The van der Waals surface area contributed by atoms with Gasteiger partial charge in [0.25, 0.3) is 0 Å². The number of hydrogen-bond acceptors (Lipinski definition) is 5. The van der Waals surface area contributed by atoms with Gasteiger partial charge in [-0.3, -0.25) is 0 Å². The highest BCUT2D eigenvalue weighted by Crippen LogP contribution is 2.22. The van der Waals surface area contributed by atoms with Gasteiger partial charge in [0.1, 0.15) is 5.82 Å². The van der Waals surface area contributed by atoms with Gasteiger partial charge in [0.05, 0.1) is 12.2 Å². The number of ether oxygens (including phenoxy) is 1. The van der Waals surface area contributed by atoms with E-state index in [2.05, 4.69) is 44.0 Å². The molecule has 2 rings (SSSR count). The van der Waals surface area contributed by atoms with Crippen LogP contribution in [0.2, 0.25) is 0 Å². The Morgan fingerprint density at radius 2 is 2.38 bits per heavy atom. The molecule has 1 aliphatic rings. The zero-order valence-electron chi connectivity index (χ0n) is 9.52. The third-order valence-electron chi connectivity index (χ3n) is 2.54. The molecule has 0 aromatic carbocycles. The van der Waals surface area contributed by atoms with Crippen molar-refractivity contribution in [3.8, 4) is 0 Å². The van der Waals surface area contributed by atoms with Gasteiger partial charge in [0.2, 0.25) is 5.13 Å². The van der Waals surface area contributed by atoms with Crippen molar-refractivity contribution in [1.29, 1.82) is 0 Å². The van der Waals surface area contributed by atoms with Crippen molar-refractivity contribution in [1.82, 2.24) is 9.36 Å². The number of aromatic nitrogens is 2. The summed E-state index contributed by atoms with van der Waals surface area (Å²) in [5.41, 5.74) is 0. The second-order valence-electron chi connectivity index (χ2n) is 3.97. The Hall–Kier alpha value is -0.200. The maximum atomic E-state index is 5.79. The summed E-state index contributed by atoms with van der Waals surface area (Å²) in [6.07, 6.45) is 1.40. The van der Waals surface area contributed by atoms with Crippen molar-refractivity contribution in [2.75, 3.05) is 23.3 Å². The van der Waals surface area contributed by atoms with Crippen LogP contribution in [-0.4, -0.2) is 40.0 Å². The monoisotopic (exact) mass is 305 g/mol. The lowest BCUT2D eigenvalue weighted by Gasteiger charge is -2.35. The van der Waals surface area contributed by atoms with Crippen LogP contribution in [0.25, 0.3) is 0 Å². The molecular weight excluding hydrogens is 290 g/mol. The normalized spacial score (nSPS) is 26.1. The molecule has 2 atom stereocenters. The van der Waals surface area contributed by atoms with Gasteiger partial charge in [-0.05, 0) is 6.92 Å². The van der Waals surface area contributed by atoms with E-state index in [1.165, 1.54) is 11.5 Å². The molecule has 0 radical (unpaired) electrons. The Balaban J connectivity index is 2.07. The number of nitrogens with zero attached hydrogens (tertiary/aromatic N) is 3. The third kappa shape index (κ3) is 2.73. The summed E-state index contributed by atoms with van der Waals surface area (Å²) >= 11 is 4.96. The largest absolute Gasteiger partial charge is 0.371 e. The molecule has 2 heterocycles. The molecule has 16 heavy (non-hydrogen) atoms. The van der Waals surface area contributed by atoms with Gasteiger partial charge >= 0.3 is 0 Å². The molecule has 0 N–H and O–H groups in total. The van der Waals surface area contributed by atoms with Crippen molar-refractivity contribution >= 4 is 32.6 Å². The zero-order chi connectivity index (χ0) is 11.5. The van der Waals surface area contributed by atoms with Crippen molar-refractivity contribution in [2.45, 2.75) is 32.5 Å². The first kappa shape index (κ1) is 12.3. The predicted octanol–water partition coefficient (Wildman–Crippen LogP) is 2.09. The van der Waals surface area contributed by atoms with E-state index >= 15 is 0 Å². The van der Waals surface area contributed by atoms with Gasteiger partial charge in [-0.25, -0.2) is 4.98 Å². The number of alkyl halides is 1. The van der Waals surface area contributed by atoms with Crippen LogP contribution in [-0.2, 0) is 11.2 Å². The van der Waals surface area contributed by atoms with Gasteiger partial charge in [-0.15, -0.1) is 0 Å². The van der Waals surface area contributed by atoms with E-state index in [1.807, 2.05) is 0 Å². The van der Waals surface area contributed by atoms with Crippen LogP contribution in [0, 0.1) is 0 Å². The molecule has 0 saturated carbocycles. The molecule has 4 nitrogen and oxygen atoms in total. The molecule has 0 aliphatic carbocycles. The quantitative estimate of drug-likeness (QED) is 0.802. The maximum absolute atomic E-state index is 5.79. The molecule has 6 heteroatoms. The van der Waals surface area contributed by atoms with Gasteiger partial charge in [0, 0.05) is 36.4 Å². The van der Waals surface area contributed by atoms with E-state index in [9.17, 15) is 0 Å². The van der Waals surface area contributed by atoms with E-state index in [1.54, 1.807) is 0 Å². The summed E-state index contributed by atoms with van der Waals surface area (Å²) in [4.78, 5) is 6.79. The first-order chi connectivity index (χ1) is 7.72. The number of halogens is 1. The first-order valence-electron chi connectivity index (χ1n) is 5.52. The molecule has 0 bridgehead atoms. The van der Waals surface area contributed by atoms with Gasteiger partial charge < -0.3 is 9.64 Å². The molecule has 1 aliphatic heterocycles. The Kier molecular flexibility index (Phi) is 4.16. The number of morpholine rings is 1. The number of rotatable bonds is 3. The van der Waals surface area contributed by atoms with E-state index in [0.717, 1.165) is 35.8 Å². The fourth-order valence-electron chi connectivity index (χ4n) is 1.80. The lowest BCUT2D eigenvalue weighted by molar-refractivity contribution is -0.00200. The molecule has 1 saturated heterocycles. The van der Waals surface area contributed by atoms with Crippen LogP contribution in [0.5, 0.6) is 0 Å². The molecule has 1 aromatic rings. The SMILES string of the molecule is CCc1nsc(N2CC(C)OC(CBr)C2)n1. The minimum absolute atomic E-state index is 0.248. The average Bonchev–Trinajstić information content (AvgIpc) is 2.76. The summed E-state index contributed by atoms with van der Waals surface area (Å²) in [5.74, 6) is 0.939. The third-order valence-corrected chi connectivity index (χ3v) is 4.08. The molecule has 1 aromatic heterocycles. The van der Waals surface area contributed by atoms with Crippen LogP contribution < -0.4 is 4.90 Å². The van der Waals surface area contributed by atoms with Crippen LogP contribution in [0.15, 0.2) is 0 Å². The maximum Gasteiger partial charge on any atom is 0.205 e. The van der Waals surface area contributed by atoms with Gasteiger partial charge in [-0.2, -0.15) is 4.37 Å². The first-order valence-corrected chi connectivity index (χ1v) is 7.41. The number of aryl methyl sites for hydroxylation is 1. The van der Waals surface area contributed by atoms with E-state index in [4.69, 9.17) is 4.74 Å². The summed E-state index contributed by atoms with van der Waals surface area (Å²) in [6.45, 7) is 5.98. The molecule has 0 amide bonds. The molecule has 0 spiro atoms. The lowest BCUT2D eigenvalue weighted by Crippen LogP contribution is -2.47. The van der Waals surface area contributed by atoms with Gasteiger partial charge in [0.15, 0.2) is 0 Å². The second-order valence-corrected chi connectivity index (χ2v) is 5.35. The zero-order valence-corrected chi connectivity index (χ0v) is 11.9. The average molecular weight is 306 g/mol. The standard InChI is InChI=1S/C10H16BrN3OS/c1-3-9-12-10(16-13-9)14-5-7(2)15-8(4-11)6-14/h7-8H,3-6H2,1-2H3. The van der Waals surface area contributed by atoms with E-state index < -0.39 is 0 Å². The van der Waals surface area contributed by atoms with Crippen LogP contribution >= 0.6 is 27.5 Å². The molecule has 90 valence electrons. The highest BCUT2D eigenvalue weighted by atomic mass is 79.9. The molecule has 1 fully saturated rings. The Morgan fingerprint density at radius 1 is 1.56 bits per heavy atom. The number of anilines is 1. The van der Waals surface area contributed by atoms with Crippen molar-refractivity contribution < 1.29 is 4.74 Å². The smallest absolute Gasteiger partial charge is 0.205 e. The Morgan fingerprint density at radius 3 is 3.00 bits per heavy atom. The highest BCUT2D eigenvalue weighted by molar-refractivity contribution is 9.09. The fourth-order valence-corrected chi connectivity index (χ4v) is 2.93. The summed E-state index contributed by atoms with van der Waals surface area (Å²) in [6, 6.07) is 0. The van der Waals surface area contributed by atoms with E-state index in [0.29, 0.717) is 0 Å².